The molecule has 0 bridgehead atoms. The Balaban J connectivity index is 1.26. The highest BCUT2D eigenvalue weighted by Gasteiger charge is 2.39. The van der Waals surface area contributed by atoms with Gasteiger partial charge >= 0.3 is 0 Å². The van der Waals surface area contributed by atoms with Crippen LogP contribution in [-0.4, -0.2) is 38.2 Å². The van der Waals surface area contributed by atoms with Gasteiger partial charge in [0.15, 0.2) is 0 Å². The number of carbonyl (C=O) groups is 3. The lowest BCUT2D eigenvalue weighted by Crippen LogP contribution is -2.52. The van der Waals surface area contributed by atoms with Crippen molar-refractivity contribution in [3.8, 4) is 22.6 Å². The first-order chi connectivity index (χ1) is 17.5. The smallest absolute Gasteiger partial charge is 0.255 e. The van der Waals surface area contributed by atoms with E-state index < -0.39 is 11.9 Å². The Morgan fingerprint density at radius 2 is 1.78 bits per heavy atom. The zero-order valence-corrected chi connectivity index (χ0v) is 20.5. The van der Waals surface area contributed by atoms with Crippen molar-refractivity contribution < 1.29 is 14.4 Å². The maximum atomic E-state index is 13.0. The molecule has 184 valence electrons. The number of nitrogens with one attached hydrogen (secondary N) is 1. The van der Waals surface area contributed by atoms with Gasteiger partial charge in [-0.1, -0.05) is 43.5 Å². The predicted molar refractivity (Wildman–Crippen MR) is 136 cm³/mol. The van der Waals surface area contributed by atoms with Gasteiger partial charge in [0, 0.05) is 42.9 Å². The van der Waals surface area contributed by atoms with Crippen LogP contribution in [0.2, 0.25) is 0 Å². The van der Waals surface area contributed by atoms with E-state index in [0.717, 1.165) is 28.2 Å². The number of amides is 3. The van der Waals surface area contributed by atoms with E-state index in [9.17, 15) is 14.4 Å². The first-order valence-electron chi connectivity index (χ1n) is 12.9. The molecule has 0 spiro atoms. The third-order valence-corrected chi connectivity index (χ3v) is 7.92. The van der Waals surface area contributed by atoms with Crippen LogP contribution in [0.25, 0.3) is 22.6 Å². The molecule has 3 aromatic rings. The van der Waals surface area contributed by atoms with Gasteiger partial charge in [-0.2, -0.15) is 0 Å². The average Bonchev–Trinajstić information content (AvgIpc) is 3.44. The number of fused-ring (bicyclic) bond motifs is 1. The van der Waals surface area contributed by atoms with Gasteiger partial charge in [-0.25, -0.2) is 4.98 Å². The van der Waals surface area contributed by atoms with E-state index in [0.29, 0.717) is 24.4 Å². The van der Waals surface area contributed by atoms with Crippen molar-refractivity contribution in [2.75, 3.05) is 0 Å². The van der Waals surface area contributed by atoms with Crippen LogP contribution in [0.4, 0.5) is 0 Å². The summed E-state index contributed by atoms with van der Waals surface area (Å²) in [6, 6.07) is 14.0. The van der Waals surface area contributed by atoms with Crippen molar-refractivity contribution in [3.05, 3.63) is 65.4 Å². The maximum absolute atomic E-state index is 13.0. The molecule has 7 heteroatoms. The molecule has 6 rings (SSSR count). The van der Waals surface area contributed by atoms with E-state index >= 15 is 0 Å². The van der Waals surface area contributed by atoms with Crippen LogP contribution < -0.4 is 5.32 Å². The minimum Gasteiger partial charge on any atom is -0.333 e. The lowest BCUT2D eigenvalue weighted by atomic mass is 9.83. The number of imidazole rings is 1. The molecule has 1 aromatic heterocycles. The van der Waals surface area contributed by atoms with E-state index in [-0.39, 0.29) is 18.2 Å². The predicted octanol–water partition coefficient (Wildman–Crippen LogP) is 4.56. The molecule has 0 radical (unpaired) electrons. The summed E-state index contributed by atoms with van der Waals surface area (Å²) in [7, 11) is 2.01. The average molecular weight is 483 g/mol. The molecule has 1 unspecified atom stereocenters. The summed E-state index contributed by atoms with van der Waals surface area (Å²) >= 11 is 0. The van der Waals surface area contributed by atoms with Gasteiger partial charge in [0.05, 0.1) is 5.69 Å². The van der Waals surface area contributed by atoms with E-state index in [4.69, 9.17) is 4.98 Å². The van der Waals surface area contributed by atoms with Gasteiger partial charge in [-0.05, 0) is 54.5 Å². The quantitative estimate of drug-likeness (QED) is 0.553. The first kappa shape index (κ1) is 22.7. The van der Waals surface area contributed by atoms with Gasteiger partial charge in [0.1, 0.15) is 11.9 Å². The number of hydrogen-bond donors (Lipinski definition) is 1. The number of carbonyl (C=O) groups excluding carboxylic acids is 3. The van der Waals surface area contributed by atoms with Gasteiger partial charge in [-0.15, -0.1) is 0 Å². The van der Waals surface area contributed by atoms with E-state index in [1.54, 1.807) is 4.90 Å². The lowest BCUT2D eigenvalue weighted by Gasteiger charge is -2.29. The van der Waals surface area contributed by atoms with Gasteiger partial charge in [0.25, 0.3) is 5.91 Å². The third kappa shape index (κ3) is 4.02. The van der Waals surface area contributed by atoms with Crippen LogP contribution in [0.3, 0.4) is 0 Å². The fourth-order valence-corrected chi connectivity index (χ4v) is 5.98. The molecule has 7 nitrogen and oxygen atoms in total. The number of hydrogen-bond acceptors (Lipinski definition) is 4. The molecule has 1 aliphatic carbocycles. The molecular formula is C29H30N4O3. The summed E-state index contributed by atoms with van der Waals surface area (Å²) in [4.78, 5) is 43.4. The van der Waals surface area contributed by atoms with Crippen LogP contribution >= 0.6 is 0 Å². The number of piperidine rings is 1. The molecule has 1 atom stereocenters. The van der Waals surface area contributed by atoms with Crippen molar-refractivity contribution in [1.82, 2.24) is 19.8 Å². The SMILES string of the molecule is Cn1cc(-c2ccc3c(c2)CN(C2CCC(=O)NC2=O)C3=O)nc1-c1cccc(C2CCCCC2)c1. The lowest BCUT2D eigenvalue weighted by molar-refractivity contribution is -0.136. The summed E-state index contributed by atoms with van der Waals surface area (Å²) in [5, 5.41) is 2.36. The number of imide groups is 1. The Morgan fingerprint density at radius 1 is 0.944 bits per heavy atom. The molecule has 3 amide bonds. The standard InChI is InChI=1S/C29H30N4O3/c1-32-17-24(30-27(32)21-9-5-8-19(14-21)18-6-3-2-4-7-18)20-10-11-23-22(15-20)16-33(29(23)36)25-12-13-26(34)31-28(25)35/h5,8-11,14-15,17-18,25H,2-4,6-7,12-13,16H2,1H3,(H,31,34,35). The minimum absolute atomic E-state index is 0.160. The molecule has 2 aromatic carbocycles. The maximum Gasteiger partial charge on any atom is 0.255 e. The highest BCUT2D eigenvalue weighted by atomic mass is 16.2. The van der Waals surface area contributed by atoms with Crippen LogP contribution in [0.15, 0.2) is 48.7 Å². The third-order valence-electron chi connectivity index (χ3n) is 7.92. The summed E-state index contributed by atoms with van der Waals surface area (Å²) in [6.07, 6.45) is 9.13. The molecular weight excluding hydrogens is 452 g/mol. The van der Waals surface area contributed by atoms with E-state index in [1.165, 1.54) is 37.7 Å². The number of rotatable bonds is 4. The number of aryl methyl sites for hydroxylation is 1. The Hall–Kier alpha value is -3.74. The first-order valence-corrected chi connectivity index (χ1v) is 12.9. The fraction of sp³-hybridized carbons (Fsp3) is 0.379. The summed E-state index contributed by atoms with van der Waals surface area (Å²) in [5.41, 5.74) is 5.81. The second-order valence-corrected chi connectivity index (χ2v) is 10.3. The normalized spacial score (nSPS) is 20.5. The van der Waals surface area contributed by atoms with Crippen LogP contribution in [0.1, 0.15) is 72.3 Å². The van der Waals surface area contributed by atoms with Crippen LogP contribution in [0.5, 0.6) is 0 Å². The molecule has 2 fully saturated rings. The van der Waals surface area contributed by atoms with Crippen molar-refractivity contribution >= 4 is 17.7 Å². The zero-order chi connectivity index (χ0) is 24.8. The number of aromatic nitrogens is 2. The largest absolute Gasteiger partial charge is 0.333 e. The summed E-state index contributed by atoms with van der Waals surface area (Å²) in [6.45, 7) is 0.359. The summed E-state index contributed by atoms with van der Waals surface area (Å²) < 4.78 is 2.06. The van der Waals surface area contributed by atoms with Gasteiger partial charge in [0.2, 0.25) is 11.8 Å². The molecule has 3 heterocycles. The Kier molecular flexibility index (Phi) is 5.70. The highest BCUT2D eigenvalue weighted by molar-refractivity contribution is 6.05. The second kappa shape index (κ2) is 9.04. The van der Waals surface area contributed by atoms with Crippen molar-refractivity contribution in [1.29, 1.82) is 0 Å². The molecule has 1 N–H and O–H groups in total. The van der Waals surface area contributed by atoms with E-state index in [2.05, 4.69) is 34.1 Å². The van der Waals surface area contributed by atoms with Crippen molar-refractivity contribution in [2.45, 2.75) is 63.5 Å². The topological polar surface area (TPSA) is 84.3 Å². The Morgan fingerprint density at radius 3 is 2.58 bits per heavy atom. The summed E-state index contributed by atoms with van der Waals surface area (Å²) in [5.74, 6) is 0.729. The zero-order valence-electron chi connectivity index (χ0n) is 20.5. The molecule has 3 aliphatic rings. The van der Waals surface area contributed by atoms with Crippen LogP contribution in [0, 0.1) is 0 Å². The second-order valence-electron chi connectivity index (χ2n) is 10.3. The molecule has 2 aliphatic heterocycles. The monoisotopic (exact) mass is 482 g/mol. The van der Waals surface area contributed by atoms with Gasteiger partial charge < -0.3 is 9.47 Å². The number of benzene rings is 2. The minimum atomic E-state index is -0.607. The highest BCUT2D eigenvalue weighted by Crippen LogP contribution is 2.35. The van der Waals surface area contributed by atoms with E-state index in [1.807, 2.05) is 31.4 Å². The van der Waals surface area contributed by atoms with Crippen molar-refractivity contribution in [2.24, 2.45) is 7.05 Å². The molecule has 1 saturated carbocycles. The Labute approximate surface area is 210 Å². The Bertz CT molecular complexity index is 1370. The van der Waals surface area contributed by atoms with Crippen molar-refractivity contribution in [3.63, 3.8) is 0 Å². The van der Waals surface area contributed by atoms with Crippen LogP contribution in [-0.2, 0) is 23.2 Å². The molecule has 1 saturated heterocycles. The number of nitrogens with zero attached hydrogens (tertiary/aromatic N) is 3. The van der Waals surface area contributed by atoms with Gasteiger partial charge in [-0.3, -0.25) is 19.7 Å². The molecule has 36 heavy (non-hydrogen) atoms. The fourth-order valence-electron chi connectivity index (χ4n) is 5.98.